The third kappa shape index (κ3) is 2.90. The number of hydrogen-bond acceptors (Lipinski definition) is 3. The molecular formula is C14H24N2O. The zero-order valence-electron chi connectivity index (χ0n) is 11.2. The van der Waals surface area contributed by atoms with Crippen molar-refractivity contribution in [2.75, 3.05) is 27.2 Å². The van der Waals surface area contributed by atoms with Gasteiger partial charge in [-0.1, -0.05) is 6.42 Å². The van der Waals surface area contributed by atoms with Crippen LogP contribution in [-0.2, 0) is 0 Å². The van der Waals surface area contributed by atoms with Crippen LogP contribution in [0.25, 0.3) is 0 Å². The van der Waals surface area contributed by atoms with Gasteiger partial charge in [0.05, 0.1) is 6.04 Å². The maximum Gasteiger partial charge on any atom is 0.121 e. The van der Waals surface area contributed by atoms with E-state index in [0.29, 0.717) is 12.0 Å². The van der Waals surface area contributed by atoms with Gasteiger partial charge < -0.3 is 9.73 Å². The molecule has 0 aromatic carbocycles. The van der Waals surface area contributed by atoms with E-state index in [9.17, 15) is 0 Å². The minimum Gasteiger partial charge on any atom is -0.465 e. The zero-order valence-corrected chi connectivity index (χ0v) is 11.2. The fourth-order valence-corrected chi connectivity index (χ4v) is 2.96. The summed E-state index contributed by atoms with van der Waals surface area (Å²) >= 11 is 0. The molecule has 96 valence electrons. The van der Waals surface area contributed by atoms with Gasteiger partial charge in [0.2, 0.25) is 0 Å². The molecule has 0 radical (unpaired) electrons. The normalized spacial score (nSPS) is 27.0. The maximum atomic E-state index is 5.86. The molecular weight excluding hydrogens is 212 g/mol. The fraction of sp³-hybridized carbons (Fsp3) is 0.714. The van der Waals surface area contributed by atoms with Crippen LogP contribution >= 0.6 is 0 Å². The summed E-state index contributed by atoms with van der Waals surface area (Å²) in [5, 5.41) is 3.32. The second-order valence-electron chi connectivity index (χ2n) is 5.19. The Labute approximate surface area is 104 Å². The predicted molar refractivity (Wildman–Crippen MR) is 70.1 cm³/mol. The first-order valence-corrected chi connectivity index (χ1v) is 6.63. The molecule has 2 rings (SSSR count). The second-order valence-corrected chi connectivity index (χ2v) is 5.19. The van der Waals surface area contributed by atoms with E-state index < -0.39 is 0 Å². The van der Waals surface area contributed by atoms with Crippen LogP contribution in [0.4, 0.5) is 0 Å². The number of furan rings is 1. The minimum absolute atomic E-state index is 0.429. The molecule has 1 aliphatic heterocycles. The highest BCUT2D eigenvalue weighted by Gasteiger charge is 2.30. The summed E-state index contributed by atoms with van der Waals surface area (Å²) < 4.78 is 5.86. The summed E-state index contributed by atoms with van der Waals surface area (Å²) in [4.78, 5) is 2.45. The Bertz CT molecular complexity index is 348. The van der Waals surface area contributed by atoms with Gasteiger partial charge in [0, 0.05) is 0 Å². The van der Waals surface area contributed by atoms with Gasteiger partial charge in [0.15, 0.2) is 0 Å². The largest absolute Gasteiger partial charge is 0.465 e. The molecule has 2 heterocycles. The Morgan fingerprint density at radius 3 is 2.88 bits per heavy atom. The summed E-state index contributed by atoms with van der Waals surface area (Å²) in [6, 6.07) is 4.65. The lowest BCUT2D eigenvalue weighted by Crippen LogP contribution is -2.33. The van der Waals surface area contributed by atoms with Gasteiger partial charge in [0.25, 0.3) is 0 Å². The molecule has 2 unspecified atom stereocenters. The quantitative estimate of drug-likeness (QED) is 0.874. The molecule has 1 aromatic heterocycles. The predicted octanol–water partition coefficient (Wildman–Crippen LogP) is 2.58. The molecule has 0 bridgehead atoms. The number of nitrogens with zero attached hydrogens (tertiary/aromatic N) is 1. The second kappa shape index (κ2) is 5.69. The smallest absolute Gasteiger partial charge is 0.121 e. The summed E-state index contributed by atoms with van der Waals surface area (Å²) in [6.45, 7) is 4.26. The van der Waals surface area contributed by atoms with Crippen molar-refractivity contribution in [3.05, 3.63) is 23.7 Å². The van der Waals surface area contributed by atoms with Gasteiger partial charge in [-0.2, -0.15) is 0 Å². The van der Waals surface area contributed by atoms with Gasteiger partial charge >= 0.3 is 0 Å². The first-order chi connectivity index (χ1) is 8.22. The monoisotopic (exact) mass is 236 g/mol. The van der Waals surface area contributed by atoms with Crippen LogP contribution in [0.1, 0.15) is 36.8 Å². The molecule has 0 spiro atoms. The van der Waals surface area contributed by atoms with Gasteiger partial charge in [-0.3, -0.25) is 4.90 Å². The van der Waals surface area contributed by atoms with Crippen molar-refractivity contribution in [1.29, 1.82) is 0 Å². The highest BCUT2D eigenvalue weighted by molar-refractivity contribution is 5.11. The van der Waals surface area contributed by atoms with Gasteiger partial charge in [-0.15, -0.1) is 0 Å². The van der Waals surface area contributed by atoms with Crippen LogP contribution in [-0.4, -0.2) is 32.1 Å². The molecule has 3 nitrogen and oxygen atoms in total. The molecule has 1 fully saturated rings. The Hall–Kier alpha value is -0.800. The first kappa shape index (κ1) is 12.7. The first-order valence-electron chi connectivity index (χ1n) is 6.63. The van der Waals surface area contributed by atoms with Crippen molar-refractivity contribution in [3.63, 3.8) is 0 Å². The van der Waals surface area contributed by atoms with Crippen molar-refractivity contribution in [2.45, 2.75) is 32.2 Å². The molecule has 0 amide bonds. The lowest BCUT2D eigenvalue weighted by molar-refractivity contribution is 0.163. The molecule has 3 heteroatoms. The van der Waals surface area contributed by atoms with E-state index in [2.05, 4.69) is 29.4 Å². The van der Waals surface area contributed by atoms with Gasteiger partial charge in [0.1, 0.15) is 11.5 Å². The lowest BCUT2D eigenvalue weighted by Gasteiger charge is -2.30. The van der Waals surface area contributed by atoms with Crippen LogP contribution < -0.4 is 5.32 Å². The SMILES string of the molecule is CNCC1CCCCN(C)C1c1ccc(C)o1. The summed E-state index contributed by atoms with van der Waals surface area (Å²) in [7, 11) is 4.26. The number of likely N-dealkylation sites (tertiary alicyclic amines) is 1. The maximum absolute atomic E-state index is 5.86. The van der Waals surface area contributed by atoms with Crippen molar-refractivity contribution in [3.8, 4) is 0 Å². The lowest BCUT2D eigenvalue weighted by atomic mass is 9.93. The Morgan fingerprint density at radius 2 is 2.24 bits per heavy atom. The van der Waals surface area contributed by atoms with Crippen LogP contribution in [0.2, 0.25) is 0 Å². The summed E-state index contributed by atoms with van der Waals surface area (Å²) in [6.07, 6.45) is 3.91. The van der Waals surface area contributed by atoms with Crippen LogP contribution in [0.5, 0.6) is 0 Å². The average Bonchev–Trinajstić information content (AvgIpc) is 2.62. The molecule has 1 N–H and O–H groups in total. The minimum atomic E-state index is 0.429. The van der Waals surface area contributed by atoms with Crippen molar-refractivity contribution >= 4 is 0 Å². The number of hydrogen-bond donors (Lipinski definition) is 1. The number of nitrogens with one attached hydrogen (secondary N) is 1. The molecule has 0 saturated carbocycles. The number of aryl methyl sites for hydroxylation is 1. The highest BCUT2D eigenvalue weighted by atomic mass is 16.3. The highest BCUT2D eigenvalue weighted by Crippen LogP contribution is 2.34. The van der Waals surface area contributed by atoms with E-state index in [4.69, 9.17) is 4.42 Å². The molecule has 1 saturated heterocycles. The van der Waals surface area contributed by atoms with Crippen molar-refractivity contribution < 1.29 is 4.42 Å². The third-order valence-corrected chi connectivity index (χ3v) is 3.78. The Balaban J connectivity index is 2.22. The Morgan fingerprint density at radius 1 is 1.41 bits per heavy atom. The summed E-state index contributed by atoms with van der Waals surface area (Å²) in [5.74, 6) is 2.80. The molecule has 1 aromatic rings. The topological polar surface area (TPSA) is 28.4 Å². The third-order valence-electron chi connectivity index (χ3n) is 3.78. The van der Waals surface area contributed by atoms with E-state index in [1.54, 1.807) is 0 Å². The average molecular weight is 236 g/mol. The summed E-state index contributed by atoms with van der Waals surface area (Å²) in [5.41, 5.74) is 0. The van der Waals surface area contributed by atoms with E-state index in [-0.39, 0.29) is 0 Å². The number of rotatable bonds is 3. The van der Waals surface area contributed by atoms with Crippen LogP contribution in [0, 0.1) is 12.8 Å². The molecule has 2 atom stereocenters. The van der Waals surface area contributed by atoms with E-state index in [1.807, 2.05) is 14.0 Å². The van der Waals surface area contributed by atoms with Gasteiger partial charge in [-0.25, -0.2) is 0 Å². The standard InChI is InChI=1S/C14H24N2O/c1-11-7-8-13(17-11)14-12(10-15-2)6-4-5-9-16(14)3/h7-8,12,14-15H,4-6,9-10H2,1-3H3. The van der Waals surface area contributed by atoms with Gasteiger partial charge in [-0.05, 0) is 65.0 Å². The van der Waals surface area contributed by atoms with Crippen molar-refractivity contribution in [1.82, 2.24) is 10.2 Å². The molecule has 1 aliphatic rings. The van der Waals surface area contributed by atoms with E-state index >= 15 is 0 Å². The van der Waals surface area contributed by atoms with E-state index in [0.717, 1.165) is 18.1 Å². The van der Waals surface area contributed by atoms with E-state index in [1.165, 1.54) is 25.8 Å². The Kier molecular flexibility index (Phi) is 4.24. The molecule has 0 aliphatic carbocycles. The van der Waals surface area contributed by atoms with Crippen LogP contribution in [0.15, 0.2) is 16.5 Å². The molecule has 17 heavy (non-hydrogen) atoms. The fourth-order valence-electron chi connectivity index (χ4n) is 2.96. The van der Waals surface area contributed by atoms with Crippen LogP contribution in [0.3, 0.4) is 0 Å². The van der Waals surface area contributed by atoms with Crippen molar-refractivity contribution in [2.24, 2.45) is 5.92 Å². The zero-order chi connectivity index (χ0) is 12.3.